The number of nitrogens with zero attached hydrogens (tertiary/aromatic N) is 1. The number of hydrogen-bond donors (Lipinski definition) is 2. The highest BCUT2D eigenvalue weighted by atomic mass is 32.2. The van der Waals surface area contributed by atoms with Crippen molar-refractivity contribution in [1.82, 2.24) is 4.31 Å². The second kappa shape index (κ2) is 8.56. The molecule has 2 aromatic rings. The number of ether oxygens (including phenoxy) is 2. The number of amides is 2. The minimum Gasteiger partial charge on any atom is -0.486 e. The fourth-order valence-electron chi connectivity index (χ4n) is 3.71. The van der Waals surface area contributed by atoms with Gasteiger partial charge in [0, 0.05) is 30.9 Å². The molecule has 164 valence electrons. The summed E-state index contributed by atoms with van der Waals surface area (Å²) in [5.74, 6) is 0.233. The zero-order chi connectivity index (χ0) is 22.0. The molecule has 2 N–H and O–H groups in total. The van der Waals surface area contributed by atoms with E-state index in [0.717, 1.165) is 0 Å². The lowest BCUT2D eigenvalue weighted by atomic mass is 10.2. The number of anilines is 2. The molecule has 2 aliphatic rings. The molecule has 0 aliphatic carbocycles. The van der Waals surface area contributed by atoms with Crippen molar-refractivity contribution in [2.75, 3.05) is 30.4 Å². The molecule has 31 heavy (non-hydrogen) atoms. The number of fused-ring (bicyclic) bond motifs is 1. The third-order valence-corrected chi connectivity index (χ3v) is 6.98. The maximum Gasteiger partial charge on any atom is 0.243 e. The van der Waals surface area contributed by atoms with Crippen LogP contribution in [0, 0.1) is 0 Å². The lowest BCUT2D eigenvalue weighted by molar-refractivity contribution is -0.119. The minimum absolute atomic E-state index is 0.0594. The largest absolute Gasteiger partial charge is 0.486 e. The van der Waals surface area contributed by atoms with Gasteiger partial charge in [0.15, 0.2) is 11.5 Å². The molecule has 1 saturated heterocycles. The SMILES string of the molecule is CC(=O)Nc1cccc(NC(=O)[C@@H]2CCCN2S(=O)(=O)c2ccc3c(c2)OCCO3)c1. The van der Waals surface area contributed by atoms with E-state index in [-0.39, 0.29) is 17.3 Å². The number of hydrogen-bond acceptors (Lipinski definition) is 6. The predicted molar refractivity (Wildman–Crippen MR) is 114 cm³/mol. The molecule has 1 fully saturated rings. The van der Waals surface area contributed by atoms with Crippen LogP contribution in [0.5, 0.6) is 11.5 Å². The first-order valence-corrected chi connectivity index (χ1v) is 11.4. The summed E-state index contributed by atoms with van der Waals surface area (Å²) in [4.78, 5) is 24.2. The number of rotatable bonds is 5. The minimum atomic E-state index is -3.90. The molecule has 1 atom stereocenters. The third-order valence-electron chi connectivity index (χ3n) is 5.08. The van der Waals surface area contributed by atoms with Gasteiger partial charge in [0.1, 0.15) is 19.3 Å². The van der Waals surface area contributed by atoms with Crippen LogP contribution in [0.3, 0.4) is 0 Å². The highest BCUT2D eigenvalue weighted by Crippen LogP contribution is 2.35. The van der Waals surface area contributed by atoms with Crippen LogP contribution in [0.2, 0.25) is 0 Å². The van der Waals surface area contributed by atoms with Gasteiger partial charge in [0.2, 0.25) is 21.8 Å². The van der Waals surface area contributed by atoms with Crippen molar-refractivity contribution in [3.63, 3.8) is 0 Å². The Bertz CT molecular complexity index is 1120. The Hall–Kier alpha value is -3.11. The molecule has 0 aromatic heterocycles. The van der Waals surface area contributed by atoms with Crippen LogP contribution in [0.1, 0.15) is 19.8 Å². The van der Waals surface area contributed by atoms with E-state index in [2.05, 4.69) is 10.6 Å². The van der Waals surface area contributed by atoms with Crippen LogP contribution in [-0.2, 0) is 19.6 Å². The van der Waals surface area contributed by atoms with E-state index < -0.39 is 22.0 Å². The van der Waals surface area contributed by atoms with Crippen molar-refractivity contribution in [1.29, 1.82) is 0 Å². The summed E-state index contributed by atoms with van der Waals surface area (Å²) in [6, 6.07) is 10.3. The van der Waals surface area contributed by atoms with Crippen molar-refractivity contribution in [3.8, 4) is 11.5 Å². The molecule has 0 radical (unpaired) electrons. The van der Waals surface area contributed by atoms with Gasteiger partial charge in [-0.05, 0) is 43.2 Å². The highest BCUT2D eigenvalue weighted by molar-refractivity contribution is 7.89. The molecule has 9 nitrogen and oxygen atoms in total. The van der Waals surface area contributed by atoms with Crippen LogP contribution in [0.25, 0.3) is 0 Å². The molecule has 0 spiro atoms. The van der Waals surface area contributed by atoms with E-state index in [1.54, 1.807) is 30.3 Å². The second-order valence-corrected chi connectivity index (χ2v) is 9.22. The standard InChI is InChI=1S/C21H23N3O6S/c1-14(25)22-15-4-2-5-16(12-15)23-21(26)18-6-3-9-24(18)31(27,28)17-7-8-19-20(13-17)30-11-10-29-19/h2,4-5,7-8,12-13,18H,3,6,9-11H2,1H3,(H,22,25)(H,23,26)/t18-/m0/s1. The first-order chi connectivity index (χ1) is 14.8. The number of carbonyl (C=O) groups excluding carboxylic acids is 2. The molecular weight excluding hydrogens is 422 g/mol. The summed E-state index contributed by atoms with van der Waals surface area (Å²) in [6.07, 6.45) is 0.995. The average molecular weight is 445 g/mol. The topological polar surface area (TPSA) is 114 Å². The van der Waals surface area contributed by atoms with Gasteiger partial charge in [0.05, 0.1) is 4.90 Å². The van der Waals surface area contributed by atoms with Crippen LogP contribution in [0.4, 0.5) is 11.4 Å². The molecular formula is C21H23N3O6S. The fourth-order valence-corrected chi connectivity index (χ4v) is 5.39. The molecule has 2 aliphatic heterocycles. The van der Waals surface area contributed by atoms with Crippen molar-refractivity contribution in [2.24, 2.45) is 0 Å². The lowest BCUT2D eigenvalue weighted by Crippen LogP contribution is -2.43. The summed E-state index contributed by atoms with van der Waals surface area (Å²) >= 11 is 0. The lowest BCUT2D eigenvalue weighted by Gasteiger charge is -2.24. The number of benzene rings is 2. The Morgan fingerprint density at radius 3 is 2.45 bits per heavy atom. The molecule has 10 heteroatoms. The van der Waals surface area contributed by atoms with Crippen LogP contribution < -0.4 is 20.1 Å². The summed E-state index contributed by atoms with van der Waals surface area (Å²) < 4.78 is 38.7. The Kier molecular flexibility index (Phi) is 5.84. The van der Waals surface area contributed by atoms with Crippen molar-refractivity contribution >= 4 is 33.2 Å². The summed E-state index contributed by atoms with van der Waals surface area (Å²) in [6.45, 7) is 2.41. The first-order valence-electron chi connectivity index (χ1n) is 9.94. The van der Waals surface area contributed by atoms with Crippen LogP contribution >= 0.6 is 0 Å². The van der Waals surface area contributed by atoms with Gasteiger partial charge in [-0.2, -0.15) is 4.31 Å². The van der Waals surface area contributed by atoms with E-state index in [0.29, 0.717) is 48.9 Å². The molecule has 2 heterocycles. The van der Waals surface area contributed by atoms with Gasteiger partial charge in [-0.1, -0.05) is 6.07 Å². The molecule has 0 bridgehead atoms. The van der Waals surface area contributed by atoms with Gasteiger partial charge in [-0.15, -0.1) is 0 Å². The molecule has 0 saturated carbocycles. The van der Waals surface area contributed by atoms with E-state index in [1.165, 1.54) is 23.4 Å². The van der Waals surface area contributed by atoms with Gasteiger partial charge in [-0.25, -0.2) is 8.42 Å². The zero-order valence-electron chi connectivity index (χ0n) is 17.0. The first kappa shape index (κ1) is 21.1. The Labute approximate surface area is 180 Å². The van der Waals surface area contributed by atoms with Gasteiger partial charge >= 0.3 is 0 Å². The van der Waals surface area contributed by atoms with Crippen molar-refractivity contribution < 1.29 is 27.5 Å². The summed E-state index contributed by atoms with van der Waals surface area (Å²) in [5, 5.41) is 5.41. The van der Waals surface area contributed by atoms with Gasteiger partial charge in [-0.3, -0.25) is 9.59 Å². The second-order valence-electron chi connectivity index (χ2n) is 7.33. The summed E-state index contributed by atoms with van der Waals surface area (Å²) in [5.41, 5.74) is 1.01. The Morgan fingerprint density at radius 2 is 1.71 bits per heavy atom. The third kappa shape index (κ3) is 4.49. The maximum atomic E-state index is 13.3. The maximum absolute atomic E-state index is 13.3. The highest BCUT2D eigenvalue weighted by Gasteiger charge is 2.40. The van der Waals surface area contributed by atoms with Gasteiger partial charge < -0.3 is 20.1 Å². The Morgan fingerprint density at radius 1 is 1.00 bits per heavy atom. The average Bonchev–Trinajstić information content (AvgIpc) is 3.24. The van der Waals surface area contributed by atoms with E-state index >= 15 is 0 Å². The number of carbonyl (C=O) groups is 2. The van der Waals surface area contributed by atoms with Crippen molar-refractivity contribution in [2.45, 2.75) is 30.7 Å². The van der Waals surface area contributed by atoms with E-state index in [1.807, 2.05) is 0 Å². The van der Waals surface area contributed by atoms with E-state index in [9.17, 15) is 18.0 Å². The molecule has 0 unspecified atom stereocenters. The monoisotopic (exact) mass is 445 g/mol. The van der Waals surface area contributed by atoms with E-state index in [4.69, 9.17) is 9.47 Å². The Balaban J connectivity index is 1.53. The number of sulfonamides is 1. The smallest absolute Gasteiger partial charge is 0.243 e. The quantitative estimate of drug-likeness (QED) is 0.729. The van der Waals surface area contributed by atoms with Crippen molar-refractivity contribution in [3.05, 3.63) is 42.5 Å². The zero-order valence-corrected chi connectivity index (χ0v) is 17.8. The summed E-state index contributed by atoms with van der Waals surface area (Å²) in [7, 11) is -3.90. The normalized spacial score (nSPS) is 18.4. The van der Waals surface area contributed by atoms with Gasteiger partial charge in [0.25, 0.3) is 0 Å². The molecule has 2 amide bonds. The molecule has 4 rings (SSSR count). The van der Waals surface area contributed by atoms with Crippen LogP contribution in [-0.4, -0.2) is 50.3 Å². The predicted octanol–water partition coefficient (Wildman–Crippen LogP) is 2.21. The van der Waals surface area contributed by atoms with Crippen LogP contribution in [0.15, 0.2) is 47.4 Å². The molecule has 2 aromatic carbocycles. The fraction of sp³-hybridized carbons (Fsp3) is 0.333. The number of nitrogens with one attached hydrogen (secondary N) is 2.